The summed E-state index contributed by atoms with van der Waals surface area (Å²) in [6.07, 6.45) is 15.6. The molecule has 0 aromatic rings. The smallest absolute Gasteiger partial charge is 0.00519 e. The van der Waals surface area contributed by atoms with Crippen LogP contribution in [0.3, 0.4) is 0 Å². The van der Waals surface area contributed by atoms with Crippen LogP contribution in [0.5, 0.6) is 0 Å². The van der Waals surface area contributed by atoms with Crippen molar-refractivity contribution >= 4 is 0 Å². The van der Waals surface area contributed by atoms with Crippen molar-refractivity contribution in [3.63, 3.8) is 0 Å². The second-order valence-electron chi connectivity index (χ2n) is 5.10. The fourth-order valence-electron chi connectivity index (χ4n) is 2.19. The quantitative estimate of drug-likeness (QED) is 0.454. The van der Waals surface area contributed by atoms with E-state index >= 15 is 0 Å². The Hall–Kier alpha value is -0.0800. The van der Waals surface area contributed by atoms with Crippen molar-refractivity contribution in [3.05, 3.63) is 0 Å². The average Bonchev–Trinajstić information content (AvgIpc) is 2.35. The molecule has 0 bridgehead atoms. The van der Waals surface area contributed by atoms with Crippen molar-refractivity contribution in [2.45, 2.75) is 70.6 Å². The van der Waals surface area contributed by atoms with Crippen LogP contribution in [0.4, 0.5) is 0 Å². The van der Waals surface area contributed by atoms with E-state index in [0.29, 0.717) is 0 Å². The third kappa shape index (κ3) is 15.9. The number of hydrogen-bond donors (Lipinski definition) is 2. The standard InChI is InChI=1S/C15H34N2/c1-16-14-12-10-8-6-4-3-5-7-9-11-13-15-17-2/h16-17H,3-15H2,1-2H3. The first-order chi connectivity index (χ1) is 8.41. The third-order valence-electron chi connectivity index (χ3n) is 3.35. The summed E-state index contributed by atoms with van der Waals surface area (Å²) in [5.41, 5.74) is 0. The van der Waals surface area contributed by atoms with Crippen LogP contribution in [-0.4, -0.2) is 27.2 Å². The van der Waals surface area contributed by atoms with Gasteiger partial charge in [-0.25, -0.2) is 0 Å². The van der Waals surface area contributed by atoms with Gasteiger partial charge in [-0.05, 0) is 40.0 Å². The van der Waals surface area contributed by atoms with Gasteiger partial charge in [0.1, 0.15) is 0 Å². The molecule has 0 aliphatic rings. The molecule has 0 unspecified atom stereocenters. The molecular weight excluding hydrogens is 208 g/mol. The summed E-state index contributed by atoms with van der Waals surface area (Å²) in [6, 6.07) is 0. The maximum Gasteiger partial charge on any atom is -0.00519 e. The Morgan fingerprint density at radius 1 is 0.412 bits per heavy atom. The summed E-state index contributed by atoms with van der Waals surface area (Å²) in [5.74, 6) is 0. The summed E-state index contributed by atoms with van der Waals surface area (Å²) in [4.78, 5) is 0. The van der Waals surface area contributed by atoms with Gasteiger partial charge in [0, 0.05) is 0 Å². The highest BCUT2D eigenvalue weighted by Gasteiger charge is 1.93. The summed E-state index contributed by atoms with van der Waals surface area (Å²) in [6.45, 7) is 2.37. The van der Waals surface area contributed by atoms with Gasteiger partial charge in [-0.15, -0.1) is 0 Å². The molecule has 0 aromatic heterocycles. The molecule has 104 valence electrons. The maximum absolute atomic E-state index is 3.20. The fourth-order valence-corrected chi connectivity index (χ4v) is 2.19. The van der Waals surface area contributed by atoms with Gasteiger partial charge in [0.2, 0.25) is 0 Å². The highest BCUT2D eigenvalue weighted by Crippen LogP contribution is 2.10. The lowest BCUT2D eigenvalue weighted by Gasteiger charge is -2.03. The van der Waals surface area contributed by atoms with Crippen LogP contribution in [0.1, 0.15) is 70.6 Å². The van der Waals surface area contributed by atoms with E-state index in [0.717, 1.165) is 0 Å². The minimum absolute atomic E-state index is 1.19. The molecule has 0 aliphatic carbocycles. The van der Waals surface area contributed by atoms with Gasteiger partial charge < -0.3 is 10.6 Å². The van der Waals surface area contributed by atoms with Crippen molar-refractivity contribution in [3.8, 4) is 0 Å². The summed E-state index contributed by atoms with van der Waals surface area (Å²) in [7, 11) is 4.08. The van der Waals surface area contributed by atoms with Crippen LogP contribution in [-0.2, 0) is 0 Å². The zero-order valence-corrected chi connectivity index (χ0v) is 12.2. The molecule has 0 aliphatic heterocycles. The predicted molar refractivity (Wildman–Crippen MR) is 78.6 cm³/mol. The van der Waals surface area contributed by atoms with Crippen LogP contribution in [0.15, 0.2) is 0 Å². The largest absolute Gasteiger partial charge is 0.320 e. The van der Waals surface area contributed by atoms with Gasteiger partial charge in [0.25, 0.3) is 0 Å². The molecule has 0 rings (SSSR count). The molecule has 17 heavy (non-hydrogen) atoms. The van der Waals surface area contributed by atoms with Crippen molar-refractivity contribution in [1.29, 1.82) is 0 Å². The van der Waals surface area contributed by atoms with Gasteiger partial charge in [-0.3, -0.25) is 0 Å². The first-order valence-corrected chi connectivity index (χ1v) is 7.71. The highest BCUT2D eigenvalue weighted by atomic mass is 14.8. The Labute approximate surface area is 109 Å². The lowest BCUT2D eigenvalue weighted by atomic mass is 10.1. The van der Waals surface area contributed by atoms with E-state index in [4.69, 9.17) is 0 Å². The Morgan fingerprint density at radius 2 is 0.647 bits per heavy atom. The predicted octanol–water partition coefficient (Wildman–Crippen LogP) is 3.72. The zero-order valence-electron chi connectivity index (χ0n) is 12.2. The lowest BCUT2D eigenvalue weighted by molar-refractivity contribution is 0.539. The summed E-state index contributed by atoms with van der Waals surface area (Å²) < 4.78 is 0. The molecule has 0 fully saturated rings. The Morgan fingerprint density at radius 3 is 0.882 bits per heavy atom. The number of nitrogens with one attached hydrogen (secondary N) is 2. The third-order valence-corrected chi connectivity index (χ3v) is 3.35. The minimum Gasteiger partial charge on any atom is -0.320 e. The summed E-state index contributed by atoms with van der Waals surface area (Å²) >= 11 is 0. The molecule has 2 N–H and O–H groups in total. The molecule has 0 saturated heterocycles. The van der Waals surface area contributed by atoms with Crippen molar-refractivity contribution < 1.29 is 0 Å². The second-order valence-corrected chi connectivity index (χ2v) is 5.10. The van der Waals surface area contributed by atoms with Gasteiger partial charge in [0.05, 0.1) is 0 Å². The van der Waals surface area contributed by atoms with E-state index < -0.39 is 0 Å². The highest BCUT2D eigenvalue weighted by molar-refractivity contribution is 4.49. The van der Waals surface area contributed by atoms with Gasteiger partial charge in [-0.2, -0.15) is 0 Å². The van der Waals surface area contributed by atoms with E-state index in [-0.39, 0.29) is 0 Å². The molecular formula is C15H34N2. The first kappa shape index (κ1) is 16.9. The topological polar surface area (TPSA) is 24.1 Å². The maximum atomic E-state index is 3.20. The van der Waals surface area contributed by atoms with Crippen LogP contribution in [0.25, 0.3) is 0 Å². The molecule has 0 aromatic carbocycles. The van der Waals surface area contributed by atoms with Crippen molar-refractivity contribution in [2.24, 2.45) is 0 Å². The normalized spacial score (nSPS) is 10.9. The zero-order chi connectivity index (χ0) is 12.6. The number of unbranched alkanes of at least 4 members (excludes halogenated alkanes) is 10. The van der Waals surface area contributed by atoms with Crippen LogP contribution < -0.4 is 10.6 Å². The number of rotatable bonds is 14. The fraction of sp³-hybridized carbons (Fsp3) is 1.00. The van der Waals surface area contributed by atoms with Gasteiger partial charge in [0.15, 0.2) is 0 Å². The van der Waals surface area contributed by atoms with E-state index in [9.17, 15) is 0 Å². The molecule has 2 heteroatoms. The SMILES string of the molecule is CNCCCCCCCCCCCCCNC. The van der Waals surface area contributed by atoms with E-state index in [1.807, 2.05) is 14.1 Å². The molecule has 0 atom stereocenters. The van der Waals surface area contributed by atoms with Crippen molar-refractivity contribution in [1.82, 2.24) is 10.6 Å². The summed E-state index contributed by atoms with van der Waals surface area (Å²) in [5, 5.41) is 6.41. The monoisotopic (exact) mass is 242 g/mol. The van der Waals surface area contributed by atoms with Crippen molar-refractivity contribution in [2.75, 3.05) is 27.2 Å². The number of hydrogen-bond acceptors (Lipinski definition) is 2. The Kier molecular flexibility index (Phi) is 15.8. The lowest BCUT2D eigenvalue weighted by Crippen LogP contribution is -2.06. The Bertz CT molecular complexity index is 112. The van der Waals surface area contributed by atoms with E-state index in [1.54, 1.807) is 0 Å². The Balaban J connectivity index is 2.85. The molecule has 2 nitrogen and oxygen atoms in total. The van der Waals surface area contributed by atoms with Crippen LogP contribution in [0, 0.1) is 0 Å². The molecule has 0 heterocycles. The van der Waals surface area contributed by atoms with E-state index in [1.165, 1.54) is 83.7 Å². The minimum atomic E-state index is 1.19. The van der Waals surface area contributed by atoms with E-state index in [2.05, 4.69) is 10.6 Å². The van der Waals surface area contributed by atoms with Crippen LogP contribution >= 0.6 is 0 Å². The first-order valence-electron chi connectivity index (χ1n) is 7.71. The van der Waals surface area contributed by atoms with Gasteiger partial charge in [-0.1, -0.05) is 57.8 Å². The molecule has 0 spiro atoms. The second kappa shape index (κ2) is 15.9. The molecule has 0 saturated carbocycles. The van der Waals surface area contributed by atoms with Gasteiger partial charge >= 0.3 is 0 Å². The average molecular weight is 242 g/mol. The van der Waals surface area contributed by atoms with Crippen LogP contribution in [0.2, 0.25) is 0 Å². The molecule has 0 amide bonds. The molecule has 0 radical (unpaired) electrons.